The summed E-state index contributed by atoms with van der Waals surface area (Å²) >= 11 is 6.02. The highest BCUT2D eigenvalue weighted by molar-refractivity contribution is 6.35. The molecule has 0 unspecified atom stereocenters. The molecule has 1 aromatic carbocycles. The van der Waals surface area contributed by atoms with Crippen LogP contribution >= 0.6 is 11.6 Å². The number of nitrogens with zero attached hydrogens (tertiary/aromatic N) is 1. The van der Waals surface area contributed by atoms with Gasteiger partial charge in [-0.3, -0.25) is 4.98 Å². The van der Waals surface area contributed by atoms with Crippen LogP contribution in [0.2, 0.25) is 5.02 Å². The summed E-state index contributed by atoms with van der Waals surface area (Å²) in [6, 6.07) is 7.42. The van der Waals surface area contributed by atoms with Crippen LogP contribution in [0, 0.1) is 0 Å². The lowest BCUT2D eigenvalue weighted by Gasteiger charge is -2.04. The lowest BCUT2D eigenvalue weighted by molar-refractivity contribution is 0.363. The minimum atomic E-state index is 0.492. The second kappa shape index (κ2) is 4.32. The van der Waals surface area contributed by atoms with Crippen LogP contribution in [0.3, 0.4) is 0 Å². The average molecular weight is 220 g/mol. The van der Waals surface area contributed by atoms with Crippen molar-refractivity contribution in [1.82, 2.24) is 4.98 Å². The summed E-state index contributed by atoms with van der Waals surface area (Å²) in [5.41, 5.74) is 0.837. The van der Waals surface area contributed by atoms with E-state index in [-0.39, 0.29) is 0 Å². The molecule has 1 heterocycles. The molecule has 0 fully saturated rings. The fourth-order valence-corrected chi connectivity index (χ4v) is 1.55. The minimum absolute atomic E-state index is 0.492. The normalized spacial score (nSPS) is 10.2. The van der Waals surface area contributed by atoms with Crippen molar-refractivity contribution in [3.05, 3.63) is 48.1 Å². The Morgan fingerprint density at radius 3 is 3.07 bits per heavy atom. The first-order valence-corrected chi connectivity index (χ1v) is 4.97. The summed E-state index contributed by atoms with van der Waals surface area (Å²) in [7, 11) is 0. The van der Waals surface area contributed by atoms with Crippen LogP contribution in [-0.4, -0.2) is 11.6 Å². The average Bonchev–Trinajstić information content (AvgIpc) is 2.26. The highest BCUT2D eigenvalue weighted by Gasteiger charge is 2.01. The van der Waals surface area contributed by atoms with Gasteiger partial charge >= 0.3 is 0 Å². The zero-order valence-corrected chi connectivity index (χ0v) is 8.87. The highest BCUT2D eigenvalue weighted by atomic mass is 35.5. The molecule has 0 amide bonds. The zero-order valence-electron chi connectivity index (χ0n) is 8.11. The first-order chi connectivity index (χ1) is 7.31. The van der Waals surface area contributed by atoms with Crippen LogP contribution in [-0.2, 0) is 0 Å². The molecule has 0 spiro atoms. The van der Waals surface area contributed by atoms with Crippen LogP contribution in [0.25, 0.3) is 10.9 Å². The van der Waals surface area contributed by atoms with E-state index >= 15 is 0 Å². The molecule has 0 bridgehead atoms. The molecule has 76 valence electrons. The standard InChI is InChI=1S/C12H10ClNO/c1-2-7-15-9-3-4-10-11(13)5-6-14-12(10)8-9/h2-6,8H,1,7H2. The quantitative estimate of drug-likeness (QED) is 0.738. The zero-order chi connectivity index (χ0) is 10.7. The van der Waals surface area contributed by atoms with Crippen molar-refractivity contribution in [3.63, 3.8) is 0 Å². The van der Waals surface area contributed by atoms with Gasteiger partial charge in [0.25, 0.3) is 0 Å². The monoisotopic (exact) mass is 219 g/mol. The SMILES string of the molecule is C=CCOc1ccc2c(Cl)ccnc2c1. The van der Waals surface area contributed by atoms with Gasteiger partial charge in [0, 0.05) is 17.6 Å². The van der Waals surface area contributed by atoms with Gasteiger partial charge in [0.05, 0.1) is 10.5 Å². The maximum absolute atomic E-state index is 6.02. The van der Waals surface area contributed by atoms with Gasteiger partial charge < -0.3 is 4.74 Å². The molecular formula is C12H10ClNO. The fourth-order valence-electron chi connectivity index (χ4n) is 1.34. The molecule has 0 saturated carbocycles. The number of benzene rings is 1. The van der Waals surface area contributed by atoms with E-state index in [0.717, 1.165) is 16.7 Å². The van der Waals surface area contributed by atoms with Crippen molar-refractivity contribution in [3.8, 4) is 5.75 Å². The maximum Gasteiger partial charge on any atom is 0.121 e. The second-order valence-corrected chi connectivity index (χ2v) is 3.48. The molecule has 15 heavy (non-hydrogen) atoms. The van der Waals surface area contributed by atoms with E-state index in [4.69, 9.17) is 16.3 Å². The Hall–Kier alpha value is -1.54. The van der Waals surface area contributed by atoms with Crippen molar-refractivity contribution in [2.75, 3.05) is 6.61 Å². The van der Waals surface area contributed by atoms with Crippen LogP contribution < -0.4 is 4.74 Å². The molecule has 0 saturated heterocycles. The Balaban J connectivity index is 2.43. The molecule has 0 aliphatic heterocycles. The first kappa shape index (κ1) is 9.99. The lowest BCUT2D eigenvalue weighted by Crippen LogP contribution is -1.92. The molecule has 3 heteroatoms. The summed E-state index contributed by atoms with van der Waals surface area (Å²) in [5.74, 6) is 0.775. The number of fused-ring (bicyclic) bond motifs is 1. The molecule has 0 aliphatic rings. The summed E-state index contributed by atoms with van der Waals surface area (Å²) in [6.45, 7) is 4.08. The number of aromatic nitrogens is 1. The van der Waals surface area contributed by atoms with E-state index in [0.29, 0.717) is 11.6 Å². The van der Waals surface area contributed by atoms with Crippen molar-refractivity contribution in [2.24, 2.45) is 0 Å². The van der Waals surface area contributed by atoms with Gasteiger partial charge in [0.15, 0.2) is 0 Å². The Labute approximate surface area is 93.2 Å². The van der Waals surface area contributed by atoms with E-state index in [9.17, 15) is 0 Å². The third kappa shape index (κ3) is 2.10. The summed E-state index contributed by atoms with van der Waals surface area (Å²) < 4.78 is 5.40. The molecule has 2 nitrogen and oxygen atoms in total. The summed E-state index contributed by atoms with van der Waals surface area (Å²) in [5, 5.41) is 1.64. The third-order valence-corrected chi connectivity index (χ3v) is 2.36. The molecule has 2 aromatic rings. The molecular weight excluding hydrogens is 210 g/mol. The van der Waals surface area contributed by atoms with Crippen LogP contribution in [0.4, 0.5) is 0 Å². The number of rotatable bonds is 3. The van der Waals surface area contributed by atoms with E-state index in [1.54, 1.807) is 18.3 Å². The Morgan fingerprint density at radius 2 is 2.27 bits per heavy atom. The first-order valence-electron chi connectivity index (χ1n) is 4.59. The van der Waals surface area contributed by atoms with Gasteiger partial charge in [-0.1, -0.05) is 24.3 Å². The smallest absolute Gasteiger partial charge is 0.121 e. The van der Waals surface area contributed by atoms with Gasteiger partial charge in [-0.15, -0.1) is 0 Å². The molecule has 0 atom stereocenters. The van der Waals surface area contributed by atoms with Gasteiger partial charge in [0.1, 0.15) is 12.4 Å². The van der Waals surface area contributed by atoms with Crippen molar-refractivity contribution in [1.29, 1.82) is 0 Å². The van der Waals surface area contributed by atoms with Crippen LogP contribution in [0.1, 0.15) is 0 Å². The van der Waals surface area contributed by atoms with E-state index < -0.39 is 0 Å². The lowest BCUT2D eigenvalue weighted by atomic mass is 10.2. The van der Waals surface area contributed by atoms with Crippen LogP contribution in [0.15, 0.2) is 43.1 Å². The molecule has 0 radical (unpaired) electrons. The largest absolute Gasteiger partial charge is 0.489 e. The number of hydrogen-bond donors (Lipinski definition) is 0. The fraction of sp³-hybridized carbons (Fsp3) is 0.0833. The third-order valence-electron chi connectivity index (χ3n) is 2.03. The highest BCUT2D eigenvalue weighted by Crippen LogP contribution is 2.24. The number of pyridine rings is 1. The van der Waals surface area contributed by atoms with E-state index in [1.165, 1.54) is 0 Å². The predicted molar refractivity (Wildman–Crippen MR) is 62.4 cm³/mol. The molecule has 2 rings (SSSR count). The van der Waals surface area contributed by atoms with Gasteiger partial charge in [0.2, 0.25) is 0 Å². The molecule has 1 aromatic heterocycles. The van der Waals surface area contributed by atoms with Gasteiger partial charge in [-0.25, -0.2) is 0 Å². The molecule has 0 N–H and O–H groups in total. The van der Waals surface area contributed by atoms with Crippen molar-refractivity contribution >= 4 is 22.5 Å². The topological polar surface area (TPSA) is 22.1 Å². The summed E-state index contributed by atoms with van der Waals surface area (Å²) in [6.07, 6.45) is 3.39. The predicted octanol–water partition coefficient (Wildman–Crippen LogP) is 3.45. The van der Waals surface area contributed by atoms with Gasteiger partial charge in [-0.05, 0) is 18.2 Å². The maximum atomic E-state index is 6.02. The minimum Gasteiger partial charge on any atom is -0.489 e. The Kier molecular flexibility index (Phi) is 2.88. The number of ether oxygens (including phenoxy) is 1. The number of halogens is 1. The Bertz CT molecular complexity index is 496. The van der Waals surface area contributed by atoms with Crippen molar-refractivity contribution < 1.29 is 4.74 Å². The summed E-state index contributed by atoms with van der Waals surface area (Å²) in [4.78, 5) is 4.22. The second-order valence-electron chi connectivity index (χ2n) is 3.07. The van der Waals surface area contributed by atoms with E-state index in [1.807, 2.05) is 18.2 Å². The van der Waals surface area contributed by atoms with Crippen molar-refractivity contribution in [2.45, 2.75) is 0 Å². The van der Waals surface area contributed by atoms with Crippen LogP contribution in [0.5, 0.6) is 5.75 Å². The Morgan fingerprint density at radius 1 is 1.40 bits per heavy atom. The van der Waals surface area contributed by atoms with E-state index in [2.05, 4.69) is 11.6 Å². The molecule has 0 aliphatic carbocycles. The number of hydrogen-bond acceptors (Lipinski definition) is 2. The van der Waals surface area contributed by atoms with Gasteiger partial charge in [-0.2, -0.15) is 0 Å².